The monoisotopic (exact) mass is 293 g/mol. The summed E-state index contributed by atoms with van der Waals surface area (Å²) in [7, 11) is 0. The van der Waals surface area contributed by atoms with Crippen LogP contribution < -0.4 is 0 Å². The van der Waals surface area contributed by atoms with Crippen LogP contribution in [0.2, 0.25) is 0 Å². The van der Waals surface area contributed by atoms with E-state index in [1.54, 1.807) is 6.29 Å². The van der Waals surface area contributed by atoms with Gasteiger partial charge in [-0.25, -0.2) is 0 Å². The summed E-state index contributed by atoms with van der Waals surface area (Å²) in [5.74, 6) is 0. The smallest absolute Gasteiger partial charge is 0.120 e. The zero-order chi connectivity index (χ0) is 11.6. The molecule has 0 aliphatic rings. The van der Waals surface area contributed by atoms with E-state index in [2.05, 4.69) is 6.07 Å². The normalized spacial score (nSPS) is 9.12. The Kier molecular flexibility index (Phi) is 12.6. The number of rotatable bonds is 4. The van der Waals surface area contributed by atoms with E-state index in [4.69, 9.17) is 0 Å². The van der Waals surface area contributed by atoms with E-state index in [0.717, 1.165) is 6.29 Å². The minimum Gasteiger partial charge on any atom is -0.542 e. The molecule has 0 aromatic heterocycles. The number of hydrogen-bond donors (Lipinski definition) is 0. The molecule has 1 aromatic carbocycles. The summed E-state index contributed by atoms with van der Waals surface area (Å²) in [6.45, 7) is 3.73. The van der Waals surface area contributed by atoms with E-state index in [0.29, 0.717) is 12.8 Å². The van der Waals surface area contributed by atoms with E-state index in [-0.39, 0.29) is 38.1 Å². The number of carbonyl (C=O) groups is 1. The van der Waals surface area contributed by atoms with Gasteiger partial charge < -0.3 is 9.59 Å². The van der Waals surface area contributed by atoms with Crippen molar-refractivity contribution >= 4 is 12.6 Å². The molecule has 0 aliphatic heterocycles. The average molecular weight is 293 g/mol. The first-order valence-corrected chi connectivity index (χ1v) is 4.82. The molecule has 0 saturated heterocycles. The van der Waals surface area contributed by atoms with Crippen LogP contribution in [0.25, 0.3) is 0 Å². The molecule has 3 heteroatoms. The van der Waals surface area contributed by atoms with Gasteiger partial charge in [-0.1, -0.05) is 19.3 Å². The van der Waals surface area contributed by atoms with Crippen molar-refractivity contribution in [3.8, 4) is 0 Å². The summed E-state index contributed by atoms with van der Waals surface area (Å²) in [6.07, 6.45) is 3.39. The third-order valence-electron chi connectivity index (χ3n) is 1.79. The molecule has 0 atom stereocenters. The van der Waals surface area contributed by atoms with Gasteiger partial charge in [-0.05, 0) is 0 Å². The van der Waals surface area contributed by atoms with Gasteiger partial charge in [-0.3, -0.25) is 6.29 Å². The van der Waals surface area contributed by atoms with Crippen LogP contribution in [0.3, 0.4) is 0 Å². The minimum atomic E-state index is -0.191. The Morgan fingerprint density at radius 3 is 2.06 bits per heavy atom. The first-order valence-electron chi connectivity index (χ1n) is 4.82. The van der Waals surface area contributed by atoms with Crippen molar-refractivity contribution in [3.63, 3.8) is 0 Å². The van der Waals surface area contributed by atoms with Gasteiger partial charge in [0.2, 0.25) is 0 Å². The van der Waals surface area contributed by atoms with Crippen molar-refractivity contribution < 1.29 is 42.3 Å². The van der Waals surface area contributed by atoms with Gasteiger partial charge >= 0.3 is 0 Å². The summed E-state index contributed by atoms with van der Waals surface area (Å²) in [6, 6.07) is 12.5. The molecule has 0 heterocycles. The van der Waals surface area contributed by atoms with Crippen molar-refractivity contribution in [1.29, 1.82) is 0 Å². The van der Waals surface area contributed by atoms with Crippen LogP contribution in [0.4, 0.5) is 0 Å². The van der Waals surface area contributed by atoms with Crippen LogP contribution in [0.1, 0.15) is 26.7 Å². The summed E-state index contributed by atoms with van der Waals surface area (Å²) in [4.78, 5) is 19.8. The standard InChI is InChI=1S/C7H11O2.C6H5.Y/c1-7(2,3-5-8)4-6-9;1-2-4-6-5-3-1;/h5H,3-4H2,1-2H3;1-5H;/q2*-1;. The summed E-state index contributed by atoms with van der Waals surface area (Å²) in [5, 5.41) is 0. The molecule has 1 rings (SSSR count). The van der Waals surface area contributed by atoms with Crippen molar-refractivity contribution in [3.05, 3.63) is 36.4 Å². The fourth-order valence-electron chi connectivity index (χ4n) is 0.835. The molecule has 0 saturated carbocycles. The number of benzene rings is 1. The van der Waals surface area contributed by atoms with Gasteiger partial charge in [0, 0.05) is 39.1 Å². The predicted molar refractivity (Wildman–Crippen MR) is 60.1 cm³/mol. The van der Waals surface area contributed by atoms with Gasteiger partial charge in [-0.2, -0.15) is 36.4 Å². The molecule has 0 fully saturated rings. The average Bonchev–Trinajstić information content (AvgIpc) is 2.21. The molecule has 0 aliphatic carbocycles. The summed E-state index contributed by atoms with van der Waals surface area (Å²) >= 11 is 0. The molecule has 16 heavy (non-hydrogen) atoms. The fourth-order valence-corrected chi connectivity index (χ4v) is 0.835. The molecule has 1 aromatic rings. The molecule has 0 N–H and O–H groups in total. The first-order chi connectivity index (χ1) is 7.12. The molecule has 0 spiro atoms. The molecular weight excluding hydrogens is 277 g/mol. The Hall–Kier alpha value is -0.336. The van der Waals surface area contributed by atoms with Crippen LogP contribution >= 0.6 is 0 Å². The molecule has 0 amide bonds. The Morgan fingerprint density at radius 1 is 1.25 bits per heavy atom. The zero-order valence-corrected chi connectivity index (χ0v) is 12.6. The minimum absolute atomic E-state index is 0. The molecule has 0 unspecified atom stereocenters. The van der Waals surface area contributed by atoms with E-state index in [9.17, 15) is 9.59 Å². The fraction of sp³-hybridized carbons (Fsp3) is 0.385. The number of aldehydes is 1. The Balaban J connectivity index is 0. The summed E-state index contributed by atoms with van der Waals surface area (Å²) < 4.78 is 0. The Morgan fingerprint density at radius 2 is 1.81 bits per heavy atom. The van der Waals surface area contributed by atoms with Crippen molar-refractivity contribution in [2.45, 2.75) is 26.7 Å². The van der Waals surface area contributed by atoms with Crippen LogP contribution in [0, 0.1) is 11.5 Å². The molecule has 2 nitrogen and oxygen atoms in total. The maximum absolute atomic E-state index is 9.97. The van der Waals surface area contributed by atoms with Crippen molar-refractivity contribution in [1.82, 2.24) is 0 Å². The SMILES string of the molecule is CC(C)(C[C-]=O)CC=O.[Y].[c-]1ccccc1. The molecule has 0 bridgehead atoms. The summed E-state index contributed by atoms with van der Waals surface area (Å²) in [5.41, 5.74) is -0.191. The van der Waals surface area contributed by atoms with Gasteiger partial charge in [0.25, 0.3) is 0 Å². The van der Waals surface area contributed by atoms with E-state index >= 15 is 0 Å². The topological polar surface area (TPSA) is 34.1 Å². The Bertz CT molecular complexity index is 232. The quantitative estimate of drug-likeness (QED) is 0.631. The van der Waals surface area contributed by atoms with Gasteiger partial charge in [0.1, 0.15) is 6.29 Å². The second-order valence-corrected chi connectivity index (χ2v) is 3.93. The van der Waals surface area contributed by atoms with E-state index in [1.165, 1.54) is 0 Å². The third kappa shape index (κ3) is 11.7. The first kappa shape index (κ1) is 18.0. The van der Waals surface area contributed by atoms with Gasteiger partial charge in [0.05, 0.1) is 0 Å². The van der Waals surface area contributed by atoms with Crippen molar-refractivity contribution in [2.75, 3.05) is 0 Å². The van der Waals surface area contributed by atoms with Crippen molar-refractivity contribution in [2.24, 2.45) is 5.41 Å². The van der Waals surface area contributed by atoms with Gasteiger partial charge in [0.15, 0.2) is 0 Å². The van der Waals surface area contributed by atoms with Crippen LogP contribution in [0.15, 0.2) is 30.3 Å². The van der Waals surface area contributed by atoms with Crippen LogP contribution in [-0.2, 0) is 42.3 Å². The third-order valence-corrected chi connectivity index (χ3v) is 1.79. The zero-order valence-electron chi connectivity index (χ0n) is 9.77. The largest absolute Gasteiger partial charge is 0.542 e. The number of hydrogen-bond acceptors (Lipinski definition) is 2. The maximum atomic E-state index is 9.97. The van der Waals surface area contributed by atoms with Gasteiger partial charge in [-0.15, -0.1) is 6.42 Å². The van der Waals surface area contributed by atoms with Crippen LogP contribution in [-0.4, -0.2) is 12.6 Å². The molecule has 85 valence electrons. The second-order valence-electron chi connectivity index (χ2n) is 3.93. The second kappa shape index (κ2) is 11.2. The Labute approximate surface area is 123 Å². The molecular formula is C13H16O2Y-2. The van der Waals surface area contributed by atoms with E-state index < -0.39 is 0 Å². The van der Waals surface area contributed by atoms with E-state index in [1.807, 2.05) is 44.2 Å². The molecule has 1 radical (unpaired) electrons. The predicted octanol–water partition coefficient (Wildman–Crippen LogP) is 2.59. The maximum Gasteiger partial charge on any atom is 0.120 e. The van der Waals surface area contributed by atoms with Crippen LogP contribution in [0.5, 0.6) is 0 Å². The number of carbonyl (C=O) groups excluding carboxylic acids is 2.